The lowest BCUT2D eigenvalue weighted by molar-refractivity contribution is -0.124. The van der Waals surface area contributed by atoms with Gasteiger partial charge in [0, 0.05) is 6.04 Å². The van der Waals surface area contributed by atoms with Crippen LogP contribution in [0.25, 0.3) is 0 Å². The molecule has 2 fully saturated rings. The van der Waals surface area contributed by atoms with Gasteiger partial charge in [0.1, 0.15) is 11.9 Å². The van der Waals surface area contributed by atoms with Crippen molar-refractivity contribution in [3.63, 3.8) is 0 Å². The minimum atomic E-state index is -0.985. The number of carbonyl (C=O) groups is 2. The van der Waals surface area contributed by atoms with E-state index < -0.39 is 30.4 Å². The molecular formula is C34H40N2O7. The molecule has 0 spiro atoms. The lowest BCUT2D eigenvalue weighted by Gasteiger charge is -2.29. The molecule has 2 heterocycles. The zero-order chi connectivity index (χ0) is 30.0. The van der Waals surface area contributed by atoms with Crippen molar-refractivity contribution in [1.29, 1.82) is 0 Å². The van der Waals surface area contributed by atoms with E-state index in [0.717, 1.165) is 23.1 Å². The molecule has 0 radical (unpaired) electrons. The van der Waals surface area contributed by atoms with Crippen molar-refractivity contribution in [3.8, 4) is 5.75 Å². The van der Waals surface area contributed by atoms with Crippen molar-refractivity contribution in [2.75, 3.05) is 19.8 Å². The van der Waals surface area contributed by atoms with Crippen LogP contribution in [0.5, 0.6) is 5.75 Å². The SMILES string of the molecule is Cc1ccccc1OCC(=O)N[C@@H](Cc1ccccc1)C[C@H](O)[C@H](Cc1ccccc1)NC(=O)O[C@H]1COC2OCCC21. The summed E-state index contributed by atoms with van der Waals surface area (Å²) in [5.74, 6) is 0.361. The lowest BCUT2D eigenvalue weighted by Crippen LogP contribution is -2.50. The number of nitrogens with one attached hydrogen (secondary N) is 2. The number of fused-ring (bicyclic) bond motifs is 1. The number of hydrogen-bond donors (Lipinski definition) is 3. The Hall–Kier alpha value is -3.92. The number of hydrogen-bond acceptors (Lipinski definition) is 7. The summed E-state index contributed by atoms with van der Waals surface area (Å²) in [4.78, 5) is 26.1. The van der Waals surface area contributed by atoms with Crippen LogP contribution >= 0.6 is 0 Å². The van der Waals surface area contributed by atoms with E-state index in [1.54, 1.807) is 0 Å². The van der Waals surface area contributed by atoms with E-state index in [4.69, 9.17) is 18.9 Å². The fourth-order valence-corrected chi connectivity index (χ4v) is 5.70. The molecule has 3 aromatic carbocycles. The van der Waals surface area contributed by atoms with Crippen molar-refractivity contribution in [3.05, 3.63) is 102 Å². The molecule has 9 nitrogen and oxygen atoms in total. The van der Waals surface area contributed by atoms with Gasteiger partial charge in [0.25, 0.3) is 5.91 Å². The number of ether oxygens (including phenoxy) is 4. The third-order valence-corrected chi connectivity index (χ3v) is 7.98. The summed E-state index contributed by atoms with van der Waals surface area (Å²) in [6, 6.07) is 25.9. The number of rotatable bonds is 13. The van der Waals surface area contributed by atoms with Gasteiger partial charge in [-0.05, 0) is 55.4 Å². The van der Waals surface area contributed by atoms with Crippen molar-refractivity contribution in [2.24, 2.45) is 5.92 Å². The van der Waals surface area contributed by atoms with Gasteiger partial charge in [0.2, 0.25) is 0 Å². The van der Waals surface area contributed by atoms with Gasteiger partial charge in [0.05, 0.1) is 31.3 Å². The number of aliphatic hydroxyl groups excluding tert-OH is 1. The van der Waals surface area contributed by atoms with Crippen LogP contribution in [0, 0.1) is 12.8 Å². The zero-order valence-corrected chi connectivity index (χ0v) is 24.4. The van der Waals surface area contributed by atoms with Gasteiger partial charge in [-0.1, -0.05) is 78.9 Å². The van der Waals surface area contributed by atoms with Gasteiger partial charge in [-0.15, -0.1) is 0 Å². The highest BCUT2D eigenvalue weighted by Gasteiger charge is 2.44. The number of para-hydroxylation sites is 1. The third-order valence-electron chi connectivity index (χ3n) is 7.98. The van der Waals surface area contributed by atoms with Crippen LogP contribution < -0.4 is 15.4 Å². The van der Waals surface area contributed by atoms with Crippen LogP contribution in [0.15, 0.2) is 84.9 Å². The molecule has 6 atom stereocenters. The van der Waals surface area contributed by atoms with E-state index in [1.165, 1.54) is 0 Å². The predicted molar refractivity (Wildman–Crippen MR) is 161 cm³/mol. The number of carbonyl (C=O) groups excluding carboxylic acids is 2. The first kappa shape index (κ1) is 30.5. The Morgan fingerprint density at radius 1 is 0.907 bits per heavy atom. The zero-order valence-electron chi connectivity index (χ0n) is 24.4. The first-order valence-corrected chi connectivity index (χ1v) is 14.9. The second kappa shape index (κ2) is 15.0. The molecule has 0 bridgehead atoms. The van der Waals surface area contributed by atoms with E-state index in [9.17, 15) is 14.7 Å². The van der Waals surface area contributed by atoms with Crippen LogP contribution in [-0.4, -0.2) is 67.5 Å². The molecule has 0 saturated carbocycles. The minimum absolute atomic E-state index is 0.00982. The molecule has 0 aliphatic carbocycles. The summed E-state index contributed by atoms with van der Waals surface area (Å²) >= 11 is 0. The highest BCUT2D eigenvalue weighted by atomic mass is 16.7. The van der Waals surface area contributed by atoms with Crippen molar-refractivity contribution < 1.29 is 33.6 Å². The normalized spacial score (nSPS) is 21.3. The molecule has 43 heavy (non-hydrogen) atoms. The molecule has 9 heteroatoms. The molecule has 2 unspecified atom stereocenters. The summed E-state index contributed by atoms with van der Waals surface area (Å²) < 4.78 is 22.7. The van der Waals surface area contributed by atoms with Gasteiger partial charge >= 0.3 is 6.09 Å². The Bertz CT molecular complexity index is 1320. The predicted octanol–water partition coefficient (Wildman–Crippen LogP) is 3.95. The van der Waals surface area contributed by atoms with E-state index >= 15 is 0 Å². The minimum Gasteiger partial charge on any atom is -0.484 e. The van der Waals surface area contributed by atoms with Gasteiger partial charge < -0.3 is 34.7 Å². The molecule has 228 valence electrons. The highest BCUT2D eigenvalue weighted by molar-refractivity contribution is 5.78. The van der Waals surface area contributed by atoms with Crippen molar-refractivity contribution in [2.45, 2.75) is 63.2 Å². The molecular weight excluding hydrogens is 548 g/mol. The van der Waals surface area contributed by atoms with Crippen molar-refractivity contribution in [1.82, 2.24) is 10.6 Å². The summed E-state index contributed by atoms with van der Waals surface area (Å²) in [5, 5.41) is 17.5. The first-order valence-electron chi connectivity index (χ1n) is 14.9. The number of aryl methyl sites for hydroxylation is 1. The number of benzene rings is 3. The van der Waals surface area contributed by atoms with Crippen LogP contribution in [0.2, 0.25) is 0 Å². The van der Waals surface area contributed by atoms with Crippen LogP contribution in [0.3, 0.4) is 0 Å². The molecule has 5 rings (SSSR count). The Kier molecular flexibility index (Phi) is 10.7. The largest absolute Gasteiger partial charge is 0.484 e. The Morgan fingerprint density at radius 2 is 1.58 bits per heavy atom. The summed E-state index contributed by atoms with van der Waals surface area (Å²) in [5.41, 5.74) is 2.91. The molecule has 0 aromatic heterocycles. The smallest absolute Gasteiger partial charge is 0.407 e. The van der Waals surface area contributed by atoms with E-state index in [2.05, 4.69) is 10.6 Å². The molecule has 3 aromatic rings. The van der Waals surface area contributed by atoms with Crippen LogP contribution in [0.1, 0.15) is 29.5 Å². The van der Waals surface area contributed by atoms with Gasteiger partial charge in [0.15, 0.2) is 12.9 Å². The number of amides is 2. The molecule has 2 aliphatic heterocycles. The Balaban J connectivity index is 1.25. The summed E-state index contributed by atoms with van der Waals surface area (Å²) in [6.07, 6.45) is -0.477. The highest BCUT2D eigenvalue weighted by Crippen LogP contribution is 2.33. The summed E-state index contributed by atoms with van der Waals surface area (Å²) in [6.45, 7) is 2.63. The number of alkyl carbamates (subject to hydrolysis) is 1. The molecule has 2 amide bonds. The average Bonchev–Trinajstić information content (AvgIpc) is 3.63. The first-order chi connectivity index (χ1) is 20.9. The van der Waals surface area contributed by atoms with Crippen LogP contribution in [-0.2, 0) is 31.8 Å². The lowest BCUT2D eigenvalue weighted by atomic mass is 9.93. The van der Waals surface area contributed by atoms with E-state index in [0.29, 0.717) is 25.2 Å². The molecule has 2 aliphatic rings. The quantitative estimate of drug-likeness (QED) is 0.277. The van der Waals surface area contributed by atoms with Gasteiger partial charge in [-0.3, -0.25) is 4.79 Å². The van der Waals surface area contributed by atoms with E-state index in [-0.39, 0.29) is 37.7 Å². The number of aliphatic hydroxyl groups is 1. The Labute approximate surface area is 252 Å². The third kappa shape index (κ3) is 8.79. The maximum absolute atomic E-state index is 13.1. The fourth-order valence-electron chi connectivity index (χ4n) is 5.70. The fraction of sp³-hybridized carbons (Fsp3) is 0.412. The van der Waals surface area contributed by atoms with Crippen molar-refractivity contribution >= 4 is 12.0 Å². The monoisotopic (exact) mass is 588 g/mol. The maximum atomic E-state index is 13.1. The van der Waals surface area contributed by atoms with E-state index in [1.807, 2.05) is 91.9 Å². The second-order valence-electron chi connectivity index (χ2n) is 11.2. The van der Waals surface area contributed by atoms with Gasteiger partial charge in [-0.25, -0.2) is 4.79 Å². The topological polar surface area (TPSA) is 115 Å². The molecule has 3 N–H and O–H groups in total. The van der Waals surface area contributed by atoms with Crippen LogP contribution in [0.4, 0.5) is 4.79 Å². The second-order valence-corrected chi connectivity index (χ2v) is 11.2. The molecule has 2 saturated heterocycles. The average molecular weight is 589 g/mol. The van der Waals surface area contributed by atoms with Gasteiger partial charge in [-0.2, -0.15) is 0 Å². The summed E-state index contributed by atoms with van der Waals surface area (Å²) in [7, 11) is 0. The Morgan fingerprint density at radius 3 is 2.30 bits per heavy atom. The maximum Gasteiger partial charge on any atom is 0.407 e. The standard InChI is InChI=1S/C34H40N2O7/c1-23-10-8-9-15-30(23)41-22-32(38)35-26(18-24-11-4-2-5-12-24)20-29(37)28(19-25-13-6-3-7-14-25)36-34(39)43-31-21-42-33-27(31)16-17-40-33/h2-15,26-29,31,33,37H,16-22H2,1H3,(H,35,38)(H,36,39)/t26-,27?,28-,29-,31-,33?/m0/s1.